The Labute approximate surface area is 275 Å². The molecule has 49 heavy (non-hydrogen) atoms. The molecule has 9 N–H and O–H groups in total. The van der Waals surface area contributed by atoms with Gasteiger partial charge in [0.2, 0.25) is 0 Å². The first-order valence-electron chi connectivity index (χ1n) is 15.1. The molecule has 22 nitrogen and oxygen atoms in total. The van der Waals surface area contributed by atoms with Crippen molar-refractivity contribution >= 4 is 49.6 Å². The third-order valence-corrected chi connectivity index (χ3v) is 11.5. The number of anilines is 2. The number of aliphatic hydroxyl groups excluding tert-OH is 2. The summed E-state index contributed by atoms with van der Waals surface area (Å²) in [5, 5.41) is 31.9. The van der Waals surface area contributed by atoms with E-state index in [4.69, 9.17) is 34.9 Å². The summed E-state index contributed by atoms with van der Waals surface area (Å²) in [6.07, 6.45) is -2.07. The quantitative estimate of drug-likeness (QED) is 0.0731. The minimum Gasteiger partial charge on any atom is -0.394 e. The molecule has 4 fully saturated rings. The van der Waals surface area contributed by atoms with Gasteiger partial charge in [-0.3, -0.25) is 13.7 Å². The Hall–Kier alpha value is -3.24. The Kier molecular flexibility index (Phi) is 7.83. The van der Waals surface area contributed by atoms with Gasteiger partial charge in [0.15, 0.2) is 42.5 Å². The maximum Gasteiger partial charge on any atom is 0.333 e. The highest BCUT2D eigenvalue weighted by atomic mass is 31.2. The average Bonchev–Trinajstić information content (AvgIpc) is 3.54. The number of aromatic nitrogens is 8. The number of fused-ring (bicyclic) bond motifs is 4. The Morgan fingerprint density at radius 3 is 2.43 bits per heavy atom. The van der Waals surface area contributed by atoms with Gasteiger partial charge in [-0.25, -0.2) is 29.9 Å². The second-order valence-corrected chi connectivity index (χ2v) is 15.4. The third-order valence-electron chi connectivity index (χ3n) is 9.44. The topological polar surface area (TPSA) is 321 Å². The van der Waals surface area contributed by atoms with Crippen LogP contribution < -0.4 is 11.5 Å². The molecule has 12 atom stereocenters. The van der Waals surface area contributed by atoms with E-state index in [2.05, 4.69) is 29.9 Å². The molecule has 8 rings (SSSR count). The number of hydrogen-bond donors (Lipinski definition) is 7. The van der Waals surface area contributed by atoms with Crippen LogP contribution >= 0.6 is 15.6 Å². The van der Waals surface area contributed by atoms with Crippen molar-refractivity contribution in [2.45, 2.75) is 54.2 Å². The normalized spacial score (nSPS) is 36.8. The van der Waals surface area contributed by atoms with E-state index in [-0.39, 0.29) is 35.6 Å². The number of hydrogen-bond acceptors (Lipinski definition) is 18. The van der Waals surface area contributed by atoms with Crippen molar-refractivity contribution in [3.63, 3.8) is 0 Å². The summed E-state index contributed by atoms with van der Waals surface area (Å²) >= 11 is 0. The molecule has 4 aliphatic rings. The fourth-order valence-corrected chi connectivity index (χ4v) is 8.94. The van der Waals surface area contributed by atoms with E-state index in [1.165, 1.54) is 29.9 Å². The number of rotatable bonds is 12. The first-order valence-corrected chi connectivity index (χ1v) is 18.4. The van der Waals surface area contributed by atoms with Crippen molar-refractivity contribution in [2.24, 2.45) is 5.92 Å². The standard InChI is InChI=1S/C25H32N10O12P2/c26-20-13-22(30-6-28-20)34(8-32-13)18-12-16(43-1-2-48(39)40)11(46-25(12,18)38)4-44-49(41,42)5-24(19-17(47-24)15(37)10(3-36)45-19)35-9-33-14-21(27)29-7-31-23(14)35/h6-12,15-19,36-38,48H,1-5H2,(H,39,40)(H,41,42)(H2,26,28,30)(H2,27,29,31)/t10-,11-,12?,15?,16?,17?,18+,19-,24?,25?/m1/s1. The van der Waals surface area contributed by atoms with Crippen LogP contribution in [0.2, 0.25) is 0 Å². The molecule has 0 spiro atoms. The molecule has 0 amide bonds. The first kappa shape index (κ1) is 32.9. The fraction of sp³-hybridized carbons (Fsp3) is 0.600. The zero-order valence-corrected chi connectivity index (χ0v) is 27.1. The van der Waals surface area contributed by atoms with Gasteiger partial charge in [-0.1, -0.05) is 0 Å². The molecule has 7 heterocycles. The monoisotopic (exact) mass is 726 g/mol. The molecule has 1 saturated carbocycles. The van der Waals surface area contributed by atoms with Crippen molar-refractivity contribution < 1.29 is 57.7 Å². The van der Waals surface area contributed by atoms with Crippen LogP contribution in [0.5, 0.6) is 0 Å². The molecule has 4 aromatic heterocycles. The second-order valence-electron chi connectivity index (χ2n) is 12.3. The molecular weight excluding hydrogens is 694 g/mol. The SMILES string of the molecule is Nc1ncnc2c1ncn2[C@H]1C2C(OCC[PH](=O)O)[C@@H](COP(=O)(O)CC3(n4cnc5c(N)ncnc54)OC4C(O)[C@@H](CO)O[C@H]43)OC21O. The van der Waals surface area contributed by atoms with E-state index in [9.17, 15) is 34.2 Å². The van der Waals surface area contributed by atoms with Crippen LogP contribution in [0.1, 0.15) is 6.04 Å². The van der Waals surface area contributed by atoms with E-state index < -0.39 is 95.1 Å². The van der Waals surface area contributed by atoms with E-state index in [1.54, 1.807) is 4.57 Å². The number of nitrogen functional groups attached to an aromatic ring is 2. The molecule has 264 valence electrons. The molecule has 3 aliphatic heterocycles. The Morgan fingerprint density at radius 2 is 1.71 bits per heavy atom. The summed E-state index contributed by atoms with van der Waals surface area (Å²) in [5.74, 6) is -2.40. The largest absolute Gasteiger partial charge is 0.394 e. The maximum atomic E-state index is 13.8. The van der Waals surface area contributed by atoms with Crippen molar-refractivity contribution in [3.05, 3.63) is 25.3 Å². The van der Waals surface area contributed by atoms with Crippen molar-refractivity contribution in [2.75, 3.05) is 43.6 Å². The predicted molar refractivity (Wildman–Crippen MR) is 163 cm³/mol. The number of imidazole rings is 2. The smallest absolute Gasteiger partial charge is 0.333 e. The molecule has 0 radical (unpaired) electrons. The first-order chi connectivity index (χ1) is 23.4. The van der Waals surface area contributed by atoms with Crippen molar-refractivity contribution in [1.29, 1.82) is 0 Å². The van der Waals surface area contributed by atoms with Crippen molar-refractivity contribution in [1.82, 2.24) is 39.0 Å². The van der Waals surface area contributed by atoms with Gasteiger partial charge in [0.05, 0.1) is 44.5 Å². The van der Waals surface area contributed by atoms with Gasteiger partial charge in [-0.05, 0) is 0 Å². The van der Waals surface area contributed by atoms with Gasteiger partial charge < -0.3 is 64.6 Å². The minimum absolute atomic E-state index is 0.0455. The summed E-state index contributed by atoms with van der Waals surface area (Å²) in [6, 6.07) is -0.752. The summed E-state index contributed by atoms with van der Waals surface area (Å²) in [4.78, 5) is 45.4. The molecule has 0 aromatic carbocycles. The van der Waals surface area contributed by atoms with Gasteiger partial charge >= 0.3 is 7.60 Å². The lowest BCUT2D eigenvalue weighted by molar-refractivity contribution is -0.313. The van der Waals surface area contributed by atoms with Crippen molar-refractivity contribution in [3.8, 4) is 0 Å². The Bertz CT molecular complexity index is 2000. The van der Waals surface area contributed by atoms with E-state index >= 15 is 0 Å². The van der Waals surface area contributed by atoms with Crippen LogP contribution in [-0.2, 0) is 38.3 Å². The van der Waals surface area contributed by atoms with Crippen LogP contribution in [0, 0.1) is 5.92 Å². The van der Waals surface area contributed by atoms with E-state index in [0.717, 1.165) is 0 Å². The Balaban J connectivity index is 1.04. The van der Waals surface area contributed by atoms with Crippen LogP contribution in [0.3, 0.4) is 0 Å². The molecule has 8 unspecified atom stereocenters. The Morgan fingerprint density at radius 1 is 1.02 bits per heavy atom. The average molecular weight is 727 g/mol. The van der Waals surface area contributed by atoms with Gasteiger partial charge in [0.1, 0.15) is 66.4 Å². The second kappa shape index (κ2) is 11.7. The van der Waals surface area contributed by atoms with Gasteiger partial charge in [0, 0.05) is 6.16 Å². The molecule has 3 saturated heterocycles. The predicted octanol–water partition coefficient (Wildman–Crippen LogP) is -2.68. The lowest BCUT2D eigenvalue weighted by atomic mass is 9.92. The molecule has 4 aromatic rings. The minimum atomic E-state index is -4.68. The lowest BCUT2D eigenvalue weighted by Gasteiger charge is -2.51. The van der Waals surface area contributed by atoms with Crippen LogP contribution in [0.4, 0.5) is 11.6 Å². The highest BCUT2D eigenvalue weighted by Gasteiger charge is 2.77. The number of ether oxygens (including phenoxy) is 4. The van der Waals surface area contributed by atoms with E-state index in [0.29, 0.717) is 11.2 Å². The number of nitrogens with two attached hydrogens (primary N) is 2. The van der Waals surface area contributed by atoms with Gasteiger partial charge in [-0.2, -0.15) is 0 Å². The fourth-order valence-electron chi connectivity index (χ4n) is 7.19. The number of nitrogens with zero attached hydrogens (tertiary/aromatic N) is 8. The highest BCUT2D eigenvalue weighted by Crippen LogP contribution is 2.65. The molecular formula is C25H32N10O12P2. The molecule has 1 aliphatic carbocycles. The van der Waals surface area contributed by atoms with Gasteiger partial charge in [-0.15, -0.1) is 0 Å². The van der Waals surface area contributed by atoms with Crippen LogP contribution in [0.15, 0.2) is 25.3 Å². The zero-order valence-electron chi connectivity index (χ0n) is 25.2. The van der Waals surface area contributed by atoms with Crippen LogP contribution in [0.25, 0.3) is 22.3 Å². The highest BCUT2D eigenvalue weighted by molar-refractivity contribution is 7.52. The van der Waals surface area contributed by atoms with E-state index in [1.807, 2.05) is 0 Å². The summed E-state index contributed by atoms with van der Waals surface area (Å²) in [7, 11) is -7.56. The maximum absolute atomic E-state index is 13.8. The summed E-state index contributed by atoms with van der Waals surface area (Å²) in [6.45, 7) is -1.25. The third kappa shape index (κ3) is 5.09. The molecule has 24 heteroatoms. The summed E-state index contributed by atoms with van der Waals surface area (Å²) in [5.41, 5.74) is 11.1. The van der Waals surface area contributed by atoms with Gasteiger partial charge in [0.25, 0.3) is 0 Å². The van der Waals surface area contributed by atoms with Crippen LogP contribution in [-0.4, -0.2) is 139 Å². The molecule has 0 bridgehead atoms. The zero-order chi connectivity index (χ0) is 34.5. The number of aliphatic hydroxyl groups is 3. The lowest BCUT2D eigenvalue weighted by Crippen LogP contribution is -2.67. The summed E-state index contributed by atoms with van der Waals surface area (Å²) < 4.78 is 57.6.